The number of nitrogens with two attached hydrogens (primary N) is 3. The fraction of sp³-hybridized carbons (Fsp3) is 0.964. The van der Waals surface area contributed by atoms with Crippen LogP contribution in [0.2, 0.25) is 0 Å². The standard InChI is InChI=1S/C28H55FN6O12/c1-28(43)11-44-27(22(42)25(28)33-2)47-24-15(35-26(32)20(40)19(39)18(38)16(37)10-36)8-14(31)23(21(24)41)46-17-7-12(30)3-4-13(45-17)9-34-6-5-29/h12-25,27,33-34,36-43H,3-11,30-31H2,1-2H3,(H2,32,35)/t12?,13-,14-,15+,16?,17+,18?,19?,20?,21?,22?,23?,24?,25+,27+,28?/m0/s1. The fourth-order valence-electron chi connectivity index (χ4n) is 6.23. The summed E-state index contributed by atoms with van der Waals surface area (Å²) in [6.45, 7) is 0.269. The number of hydrogen-bond donors (Lipinski definition) is 13. The molecular formula is C28H55FN6O12. The monoisotopic (exact) mass is 686 g/mol. The molecule has 10 unspecified atom stereocenters. The molecule has 276 valence electrons. The smallest absolute Gasteiger partial charge is 0.185 e. The van der Waals surface area contributed by atoms with Gasteiger partial charge in [-0.25, -0.2) is 4.39 Å². The highest BCUT2D eigenvalue weighted by atomic mass is 19.1. The largest absolute Gasteiger partial charge is 0.394 e. The number of aliphatic hydroxyl groups is 8. The van der Waals surface area contributed by atoms with E-state index in [4.69, 9.17) is 41.3 Å². The molecular weight excluding hydrogens is 631 g/mol. The lowest BCUT2D eigenvalue weighted by atomic mass is 9.83. The zero-order chi connectivity index (χ0) is 35.1. The van der Waals surface area contributed by atoms with E-state index in [0.29, 0.717) is 19.4 Å². The normalized spacial score (nSPS) is 41.6. The van der Waals surface area contributed by atoms with Gasteiger partial charge >= 0.3 is 0 Å². The highest BCUT2D eigenvalue weighted by Gasteiger charge is 2.51. The van der Waals surface area contributed by atoms with Crippen molar-refractivity contribution in [3.8, 4) is 0 Å². The molecule has 2 heterocycles. The second kappa shape index (κ2) is 18.1. The molecule has 0 spiro atoms. The lowest BCUT2D eigenvalue weighted by Gasteiger charge is -2.48. The minimum atomic E-state index is -2.05. The van der Waals surface area contributed by atoms with E-state index in [1.807, 2.05) is 0 Å². The molecule has 1 aliphatic carbocycles. The van der Waals surface area contributed by atoms with Crippen LogP contribution in [0.1, 0.15) is 32.6 Å². The molecule has 16 atom stereocenters. The molecule has 0 radical (unpaired) electrons. The Morgan fingerprint density at radius 3 is 2.40 bits per heavy atom. The third kappa shape index (κ3) is 10.4. The van der Waals surface area contributed by atoms with Crippen molar-refractivity contribution in [2.45, 2.75) is 130 Å². The van der Waals surface area contributed by atoms with E-state index >= 15 is 0 Å². The molecule has 19 heteroatoms. The Bertz CT molecular complexity index is 977. The van der Waals surface area contributed by atoms with Gasteiger partial charge in [-0.1, -0.05) is 0 Å². The number of amidine groups is 1. The van der Waals surface area contributed by atoms with Gasteiger partial charge < -0.3 is 87.6 Å². The van der Waals surface area contributed by atoms with Crippen LogP contribution < -0.4 is 27.8 Å². The molecule has 18 nitrogen and oxygen atoms in total. The van der Waals surface area contributed by atoms with Crippen LogP contribution in [0.15, 0.2) is 4.99 Å². The Hall–Kier alpha value is -1.24. The molecule has 3 fully saturated rings. The first-order chi connectivity index (χ1) is 22.1. The number of halogens is 1. The molecule has 2 aliphatic heterocycles. The summed E-state index contributed by atoms with van der Waals surface area (Å²) in [7, 11) is 1.53. The van der Waals surface area contributed by atoms with E-state index in [9.17, 15) is 40.1 Å². The summed E-state index contributed by atoms with van der Waals surface area (Å²) in [6.07, 6.45) is -14.6. The number of aliphatic hydroxyl groups excluding tert-OH is 7. The van der Waals surface area contributed by atoms with E-state index < -0.39 is 104 Å². The van der Waals surface area contributed by atoms with Crippen molar-refractivity contribution in [2.75, 3.05) is 40.0 Å². The first-order valence-electron chi connectivity index (χ1n) is 15.9. The Labute approximate surface area is 273 Å². The third-order valence-electron chi connectivity index (χ3n) is 8.94. The topological polar surface area (TPSA) is 313 Å². The fourth-order valence-corrected chi connectivity index (χ4v) is 6.23. The maximum absolute atomic E-state index is 12.6. The maximum Gasteiger partial charge on any atom is 0.185 e. The Morgan fingerprint density at radius 1 is 1.06 bits per heavy atom. The highest BCUT2D eigenvalue weighted by molar-refractivity contribution is 5.85. The van der Waals surface area contributed by atoms with Crippen LogP contribution in [0.3, 0.4) is 0 Å². The number of nitrogens with zero attached hydrogens (tertiary/aromatic N) is 1. The van der Waals surface area contributed by atoms with Gasteiger partial charge in [0.05, 0.1) is 31.4 Å². The molecule has 0 aromatic carbocycles. The van der Waals surface area contributed by atoms with Gasteiger partial charge in [-0.2, -0.15) is 0 Å². The van der Waals surface area contributed by atoms with Crippen molar-refractivity contribution < 1.29 is 64.2 Å². The predicted molar refractivity (Wildman–Crippen MR) is 163 cm³/mol. The molecule has 0 aromatic heterocycles. The summed E-state index contributed by atoms with van der Waals surface area (Å²) < 4.78 is 36.7. The Morgan fingerprint density at radius 2 is 1.77 bits per heavy atom. The van der Waals surface area contributed by atoms with Gasteiger partial charge in [0.15, 0.2) is 12.6 Å². The summed E-state index contributed by atoms with van der Waals surface area (Å²) in [5.41, 5.74) is 17.3. The van der Waals surface area contributed by atoms with E-state index in [0.717, 1.165) is 0 Å². The van der Waals surface area contributed by atoms with Crippen LogP contribution in [0, 0.1) is 0 Å². The highest BCUT2D eigenvalue weighted by Crippen LogP contribution is 2.33. The van der Waals surface area contributed by atoms with Gasteiger partial charge in [0.1, 0.15) is 66.9 Å². The number of nitrogens with one attached hydrogen (secondary N) is 2. The molecule has 3 aliphatic rings. The molecule has 0 bridgehead atoms. The van der Waals surface area contributed by atoms with Crippen LogP contribution in [0.5, 0.6) is 0 Å². The molecule has 1 saturated carbocycles. The van der Waals surface area contributed by atoms with Crippen molar-refractivity contribution >= 4 is 5.84 Å². The Balaban J connectivity index is 1.87. The van der Waals surface area contributed by atoms with Crippen molar-refractivity contribution in [1.82, 2.24) is 10.6 Å². The van der Waals surface area contributed by atoms with E-state index in [1.54, 1.807) is 0 Å². The van der Waals surface area contributed by atoms with Crippen LogP contribution in [-0.4, -0.2) is 184 Å². The van der Waals surface area contributed by atoms with Crippen molar-refractivity contribution in [3.05, 3.63) is 0 Å². The van der Waals surface area contributed by atoms with Gasteiger partial charge in [-0.3, -0.25) is 4.99 Å². The van der Waals surface area contributed by atoms with Crippen LogP contribution in [-0.2, 0) is 18.9 Å². The molecule has 16 N–H and O–H groups in total. The predicted octanol–water partition coefficient (Wildman–Crippen LogP) is -6.15. The quantitative estimate of drug-likeness (QED) is 0.0433. The van der Waals surface area contributed by atoms with Crippen LogP contribution in [0.4, 0.5) is 4.39 Å². The number of rotatable bonds is 15. The number of hydrogen-bond acceptors (Lipinski definition) is 17. The Kier molecular flexibility index (Phi) is 15.5. The van der Waals surface area contributed by atoms with E-state index in [2.05, 4.69) is 15.6 Å². The van der Waals surface area contributed by atoms with Crippen molar-refractivity contribution in [3.63, 3.8) is 0 Å². The third-order valence-corrected chi connectivity index (χ3v) is 8.94. The second-order valence-electron chi connectivity index (χ2n) is 12.8. The lowest BCUT2D eigenvalue weighted by Crippen LogP contribution is -2.67. The van der Waals surface area contributed by atoms with Gasteiger partial charge in [-0.15, -0.1) is 0 Å². The van der Waals surface area contributed by atoms with E-state index in [-0.39, 0.29) is 38.1 Å². The molecule has 0 amide bonds. The minimum Gasteiger partial charge on any atom is -0.394 e. The van der Waals surface area contributed by atoms with E-state index in [1.165, 1.54) is 14.0 Å². The molecule has 2 saturated heterocycles. The summed E-state index contributed by atoms with van der Waals surface area (Å²) in [5, 5.41) is 88.9. The zero-order valence-corrected chi connectivity index (χ0v) is 26.8. The SMILES string of the molecule is CN[C@@H]1C(O)[C@@H](OC2C(O)C(O[C@@H]3CC(N)CC[C@@H](CNCCF)O3)[C@@H](N)C[C@H]2N=C(N)C(O)C(O)C(O)C(O)CO)OCC1(C)O. The summed E-state index contributed by atoms with van der Waals surface area (Å²) in [6, 6.07) is -3.26. The molecule has 47 heavy (non-hydrogen) atoms. The lowest BCUT2D eigenvalue weighted by molar-refractivity contribution is -0.304. The number of aliphatic imine (C=N–C) groups is 1. The average molecular weight is 687 g/mol. The summed E-state index contributed by atoms with van der Waals surface area (Å²) in [4.78, 5) is 4.24. The van der Waals surface area contributed by atoms with Crippen LogP contribution >= 0.6 is 0 Å². The van der Waals surface area contributed by atoms with Gasteiger partial charge in [0.2, 0.25) is 0 Å². The maximum atomic E-state index is 12.6. The zero-order valence-electron chi connectivity index (χ0n) is 26.8. The first-order valence-corrected chi connectivity index (χ1v) is 15.9. The van der Waals surface area contributed by atoms with Crippen molar-refractivity contribution in [2.24, 2.45) is 22.2 Å². The first kappa shape index (κ1) is 40.2. The van der Waals surface area contributed by atoms with Gasteiger partial charge in [0.25, 0.3) is 0 Å². The minimum absolute atomic E-state index is 0.0754. The number of ether oxygens (including phenoxy) is 4. The summed E-state index contributed by atoms with van der Waals surface area (Å²) >= 11 is 0. The van der Waals surface area contributed by atoms with Crippen LogP contribution in [0.25, 0.3) is 0 Å². The van der Waals surface area contributed by atoms with Gasteiger partial charge in [0, 0.05) is 31.6 Å². The van der Waals surface area contributed by atoms with Gasteiger partial charge in [-0.05, 0) is 33.2 Å². The number of alkyl halides is 1. The number of likely N-dealkylation sites (N-methyl/N-ethyl adjacent to an activating group) is 1. The average Bonchev–Trinajstić information content (AvgIpc) is 3.20. The summed E-state index contributed by atoms with van der Waals surface area (Å²) in [5.74, 6) is -0.609. The van der Waals surface area contributed by atoms with Crippen molar-refractivity contribution in [1.29, 1.82) is 0 Å². The molecule has 0 aromatic rings. The molecule has 3 rings (SSSR count). The second-order valence-corrected chi connectivity index (χ2v) is 12.8.